The van der Waals surface area contributed by atoms with E-state index >= 15 is 0 Å². The van der Waals surface area contributed by atoms with Crippen LogP contribution < -0.4 is 5.32 Å². The Morgan fingerprint density at radius 3 is 2.38 bits per heavy atom. The third kappa shape index (κ3) is 1.87. The van der Waals surface area contributed by atoms with E-state index in [9.17, 15) is 9.59 Å². The Kier molecular flexibility index (Phi) is 3.04. The molecule has 1 heterocycles. The summed E-state index contributed by atoms with van der Waals surface area (Å²) in [5.41, 5.74) is -0.0220. The van der Waals surface area contributed by atoms with Gasteiger partial charge in [0.15, 0.2) is 0 Å². The topological polar surface area (TPSA) is 46.2 Å². The highest BCUT2D eigenvalue weighted by Gasteiger charge is 2.49. The summed E-state index contributed by atoms with van der Waals surface area (Å²) in [7, 11) is 0. The van der Waals surface area contributed by atoms with Crippen molar-refractivity contribution in [2.75, 3.05) is 0 Å². The van der Waals surface area contributed by atoms with Gasteiger partial charge >= 0.3 is 0 Å². The van der Waals surface area contributed by atoms with Crippen LogP contribution in [0.3, 0.4) is 0 Å². The number of hydrogen-bond acceptors (Lipinski definition) is 2. The highest BCUT2D eigenvalue weighted by molar-refractivity contribution is 5.99. The van der Waals surface area contributed by atoms with Gasteiger partial charge in [0.2, 0.25) is 11.8 Å². The van der Waals surface area contributed by atoms with Gasteiger partial charge in [0.1, 0.15) is 0 Å². The van der Waals surface area contributed by atoms with E-state index in [1.807, 2.05) is 0 Å². The fraction of sp³-hybridized carbons (Fsp3) is 0.846. The van der Waals surface area contributed by atoms with Crippen molar-refractivity contribution in [2.45, 2.75) is 52.4 Å². The molecule has 0 radical (unpaired) electrons. The minimum absolute atomic E-state index is 0.0220. The lowest BCUT2D eigenvalue weighted by molar-refractivity contribution is -0.147. The van der Waals surface area contributed by atoms with Gasteiger partial charge in [-0.15, -0.1) is 0 Å². The van der Waals surface area contributed by atoms with Crippen molar-refractivity contribution in [3.05, 3.63) is 0 Å². The molecule has 0 aromatic rings. The quantitative estimate of drug-likeness (QED) is 0.693. The van der Waals surface area contributed by atoms with Crippen LogP contribution in [0.5, 0.6) is 0 Å². The summed E-state index contributed by atoms with van der Waals surface area (Å²) in [6.45, 7) is 4.19. The Bertz CT molecular complexity index is 303. The zero-order valence-corrected chi connectivity index (χ0v) is 10.2. The van der Waals surface area contributed by atoms with Crippen LogP contribution in [-0.4, -0.2) is 11.8 Å². The fourth-order valence-corrected chi connectivity index (χ4v) is 3.72. The SMILES string of the molecule is CC(C)C1C(=O)NC(=O)CC12CCCCC2. The van der Waals surface area contributed by atoms with Crippen molar-refractivity contribution in [2.24, 2.45) is 17.3 Å². The van der Waals surface area contributed by atoms with Gasteiger partial charge in [0.05, 0.1) is 0 Å². The molecule has 3 heteroatoms. The van der Waals surface area contributed by atoms with Crippen molar-refractivity contribution >= 4 is 11.8 Å². The Hall–Kier alpha value is -0.860. The number of rotatable bonds is 1. The molecule has 1 unspecified atom stereocenters. The Morgan fingerprint density at radius 1 is 1.19 bits per heavy atom. The molecule has 2 aliphatic rings. The lowest BCUT2D eigenvalue weighted by atomic mass is 9.59. The van der Waals surface area contributed by atoms with Crippen LogP contribution in [-0.2, 0) is 9.59 Å². The van der Waals surface area contributed by atoms with Crippen LogP contribution >= 0.6 is 0 Å². The van der Waals surface area contributed by atoms with Crippen LogP contribution in [0.15, 0.2) is 0 Å². The summed E-state index contributed by atoms with van der Waals surface area (Å²) in [5, 5.41) is 2.50. The van der Waals surface area contributed by atoms with E-state index in [1.54, 1.807) is 0 Å². The third-order valence-electron chi connectivity index (χ3n) is 4.23. The summed E-state index contributed by atoms with van der Waals surface area (Å²) in [6, 6.07) is 0. The maximum absolute atomic E-state index is 12.0. The standard InChI is InChI=1S/C13H21NO2/c1-9(2)11-12(16)14-10(15)8-13(11)6-4-3-5-7-13/h9,11H,3-8H2,1-2H3,(H,14,15,16). The van der Waals surface area contributed by atoms with Crippen molar-refractivity contribution in [1.29, 1.82) is 0 Å². The van der Waals surface area contributed by atoms with Crippen LogP contribution in [0.2, 0.25) is 0 Å². The molecule has 0 aromatic carbocycles. The van der Waals surface area contributed by atoms with Crippen LogP contribution in [0.1, 0.15) is 52.4 Å². The molecule has 0 bridgehead atoms. The number of amides is 2. The van der Waals surface area contributed by atoms with Crippen LogP contribution in [0.4, 0.5) is 0 Å². The van der Waals surface area contributed by atoms with E-state index in [4.69, 9.17) is 0 Å². The van der Waals surface area contributed by atoms with Crippen molar-refractivity contribution in [3.8, 4) is 0 Å². The summed E-state index contributed by atoms with van der Waals surface area (Å²) in [6.07, 6.45) is 6.25. The molecule has 2 rings (SSSR count). The minimum atomic E-state index is -0.0659. The molecule has 0 aromatic heterocycles. The van der Waals surface area contributed by atoms with Crippen LogP contribution in [0.25, 0.3) is 0 Å². The van der Waals surface area contributed by atoms with Gasteiger partial charge in [-0.3, -0.25) is 14.9 Å². The second-order valence-electron chi connectivity index (χ2n) is 5.73. The van der Waals surface area contributed by atoms with Gasteiger partial charge in [-0.2, -0.15) is 0 Å². The number of hydrogen-bond donors (Lipinski definition) is 1. The second kappa shape index (κ2) is 4.19. The van der Waals surface area contributed by atoms with E-state index < -0.39 is 0 Å². The van der Waals surface area contributed by atoms with Crippen molar-refractivity contribution < 1.29 is 9.59 Å². The largest absolute Gasteiger partial charge is 0.296 e. The van der Waals surface area contributed by atoms with Gasteiger partial charge in [-0.25, -0.2) is 0 Å². The molecule has 2 fully saturated rings. The van der Waals surface area contributed by atoms with Gasteiger partial charge in [0.25, 0.3) is 0 Å². The first-order chi connectivity index (χ1) is 7.55. The van der Waals surface area contributed by atoms with E-state index in [0.29, 0.717) is 12.3 Å². The lowest BCUT2D eigenvalue weighted by Gasteiger charge is -2.46. The number of piperidine rings is 1. The number of imide groups is 1. The highest BCUT2D eigenvalue weighted by Crippen LogP contribution is 2.49. The molecule has 1 aliphatic carbocycles. The van der Waals surface area contributed by atoms with Crippen molar-refractivity contribution in [3.63, 3.8) is 0 Å². The zero-order chi connectivity index (χ0) is 11.8. The average Bonchev–Trinajstić information content (AvgIpc) is 2.16. The zero-order valence-electron chi connectivity index (χ0n) is 10.2. The summed E-state index contributed by atoms with van der Waals surface area (Å²) in [5.74, 6) is 0.258. The number of nitrogens with one attached hydrogen (secondary N) is 1. The van der Waals surface area contributed by atoms with Gasteiger partial charge < -0.3 is 0 Å². The highest BCUT2D eigenvalue weighted by atomic mass is 16.2. The molecule has 90 valence electrons. The summed E-state index contributed by atoms with van der Waals surface area (Å²) >= 11 is 0. The third-order valence-corrected chi connectivity index (χ3v) is 4.23. The lowest BCUT2D eigenvalue weighted by Crippen LogP contribution is -2.54. The van der Waals surface area contributed by atoms with Gasteiger partial charge in [-0.1, -0.05) is 33.1 Å². The minimum Gasteiger partial charge on any atom is -0.296 e. The molecular formula is C13H21NO2. The molecular weight excluding hydrogens is 202 g/mol. The molecule has 3 nitrogen and oxygen atoms in total. The molecule has 2 amide bonds. The Labute approximate surface area is 97.0 Å². The first kappa shape index (κ1) is 11.6. The maximum atomic E-state index is 12.0. The molecule has 1 spiro atoms. The van der Waals surface area contributed by atoms with E-state index in [2.05, 4.69) is 19.2 Å². The summed E-state index contributed by atoms with van der Waals surface area (Å²) < 4.78 is 0. The second-order valence-corrected chi connectivity index (χ2v) is 5.73. The van der Waals surface area contributed by atoms with E-state index in [0.717, 1.165) is 12.8 Å². The summed E-state index contributed by atoms with van der Waals surface area (Å²) in [4.78, 5) is 23.6. The molecule has 1 atom stereocenters. The fourth-order valence-electron chi connectivity index (χ4n) is 3.72. The first-order valence-corrected chi connectivity index (χ1v) is 6.39. The molecule has 1 aliphatic heterocycles. The first-order valence-electron chi connectivity index (χ1n) is 6.39. The van der Waals surface area contributed by atoms with E-state index in [-0.39, 0.29) is 23.1 Å². The molecule has 16 heavy (non-hydrogen) atoms. The predicted octanol–water partition coefficient (Wildman–Crippen LogP) is 2.26. The predicted molar refractivity (Wildman–Crippen MR) is 61.6 cm³/mol. The number of carbonyl (C=O) groups is 2. The monoisotopic (exact) mass is 223 g/mol. The van der Waals surface area contributed by atoms with Gasteiger partial charge in [0, 0.05) is 12.3 Å². The molecule has 1 saturated heterocycles. The smallest absolute Gasteiger partial charge is 0.230 e. The maximum Gasteiger partial charge on any atom is 0.230 e. The Balaban J connectivity index is 2.29. The normalized spacial score (nSPS) is 29.6. The Morgan fingerprint density at radius 2 is 1.81 bits per heavy atom. The van der Waals surface area contributed by atoms with E-state index in [1.165, 1.54) is 19.3 Å². The average molecular weight is 223 g/mol. The molecule has 1 N–H and O–H groups in total. The van der Waals surface area contributed by atoms with Gasteiger partial charge in [-0.05, 0) is 24.2 Å². The molecule has 1 saturated carbocycles. The number of carbonyl (C=O) groups excluding carboxylic acids is 2. The van der Waals surface area contributed by atoms with Crippen molar-refractivity contribution in [1.82, 2.24) is 5.32 Å². The van der Waals surface area contributed by atoms with Crippen LogP contribution in [0, 0.1) is 17.3 Å².